The van der Waals surface area contributed by atoms with Crippen molar-refractivity contribution in [1.29, 1.82) is 0 Å². The lowest BCUT2D eigenvalue weighted by Gasteiger charge is -2.08. The monoisotopic (exact) mass is 166 g/mol. The van der Waals surface area contributed by atoms with Crippen LogP contribution >= 0.6 is 0 Å². The molecule has 0 aliphatic carbocycles. The highest BCUT2D eigenvalue weighted by Crippen LogP contribution is 2.08. The highest BCUT2D eigenvalue weighted by atomic mass is 16.3. The molecular weight excluding hydrogens is 152 g/mol. The minimum atomic E-state index is -0.505. The van der Waals surface area contributed by atoms with Crippen LogP contribution in [0.25, 0.3) is 0 Å². The summed E-state index contributed by atoms with van der Waals surface area (Å²) in [5.41, 5.74) is 1.66. The van der Waals surface area contributed by atoms with Crippen molar-refractivity contribution in [2.75, 3.05) is 13.6 Å². The van der Waals surface area contributed by atoms with Gasteiger partial charge in [0.05, 0.1) is 5.69 Å². The lowest BCUT2D eigenvalue weighted by atomic mass is 10.2. The zero-order chi connectivity index (χ0) is 8.97. The number of pyridine rings is 1. The van der Waals surface area contributed by atoms with Gasteiger partial charge in [-0.15, -0.1) is 0 Å². The van der Waals surface area contributed by atoms with Crippen LogP contribution in [-0.4, -0.2) is 23.7 Å². The molecule has 12 heavy (non-hydrogen) atoms. The quantitative estimate of drug-likeness (QED) is 0.692. The van der Waals surface area contributed by atoms with Crippen LogP contribution in [0.3, 0.4) is 0 Å². The van der Waals surface area contributed by atoms with Gasteiger partial charge in [-0.1, -0.05) is 6.07 Å². The van der Waals surface area contributed by atoms with Gasteiger partial charge in [-0.25, -0.2) is 0 Å². The average Bonchev–Trinajstić information content (AvgIpc) is 2.05. The minimum Gasteiger partial charge on any atom is -0.385 e. The van der Waals surface area contributed by atoms with Crippen molar-refractivity contribution in [3.63, 3.8) is 0 Å². The summed E-state index contributed by atoms with van der Waals surface area (Å²) in [5, 5.41) is 12.4. The number of nitrogens with one attached hydrogen (secondary N) is 1. The first-order valence-corrected chi connectivity index (χ1v) is 4.00. The largest absolute Gasteiger partial charge is 0.385 e. The predicted octanol–water partition coefficient (Wildman–Crippen LogP) is 0.643. The molecule has 1 atom stereocenters. The predicted molar refractivity (Wildman–Crippen MR) is 47.9 cm³/mol. The lowest BCUT2D eigenvalue weighted by Crippen LogP contribution is -2.17. The van der Waals surface area contributed by atoms with Gasteiger partial charge in [-0.05, 0) is 26.1 Å². The van der Waals surface area contributed by atoms with E-state index < -0.39 is 6.10 Å². The number of rotatable bonds is 3. The first-order valence-electron chi connectivity index (χ1n) is 4.00. The van der Waals surface area contributed by atoms with Crippen LogP contribution in [0.4, 0.5) is 0 Å². The molecule has 0 spiro atoms. The Bertz CT molecular complexity index is 250. The van der Waals surface area contributed by atoms with Crippen molar-refractivity contribution in [3.05, 3.63) is 29.6 Å². The molecule has 1 heterocycles. The van der Waals surface area contributed by atoms with Gasteiger partial charge in [0.15, 0.2) is 0 Å². The molecule has 0 amide bonds. The van der Waals surface area contributed by atoms with E-state index >= 15 is 0 Å². The van der Waals surface area contributed by atoms with E-state index in [0.717, 1.165) is 11.4 Å². The number of aryl methyl sites for hydroxylation is 1. The molecule has 0 saturated carbocycles. The molecule has 0 aliphatic rings. The summed E-state index contributed by atoms with van der Waals surface area (Å²) in [4.78, 5) is 4.20. The smallest absolute Gasteiger partial charge is 0.108 e. The van der Waals surface area contributed by atoms with Gasteiger partial charge >= 0.3 is 0 Å². The number of likely N-dealkylation sites (N-methyl/N-ethyl adjacent to an activating group) is 1. The van der Waals surface area contributed by atoms with Gasteiger partial charge < -0.3 is 10.4 Å². The van der Waals surface area contributed by atoms with Crippen molar-refractivity contribution in [1.82, 2.24) is 10.3 Å². The summed E-state index contributed by atoms with van der Waals surface area (Å²) < 4.78 is 0. The maximum absolute atomic E-state index is 9.52. The van der Waals surface area contributed by atoms with Crippen molar-refractivity contribution in [2.45, 2.75) is 13.0 Å². The molecule has 0 aliphatic heterocycles. The zero-order valence-corrected chi connectivity index (χ0v) is 7.41. The molecule has 0 radical (unpaired) electrons. The Kier molecular flexibility index (Phi) is 3.19. The summed E-state index contributed by atoms with van der Waals surface area (Å²) in [6, 6.07) is 5.64. The van der Waals surface area contributed by atoms with Crippen LogP contribution in [0, 0.1) is 6.92 Å². The second kappa shape index (κ2) is 4.18. The van der Waals surface area contributed by atoms with Gasteiger partial charge in [0, 0.05) is 12.2 Å². The summed E-state index contributed by atoms with van der Waals surface area (Å²) in [6.07, 6.45) is -0.505. The Morgan fingerprint density at radius 1 is 1.58 bits per heavy atom. The Labute approximate surface area is 72.5 Å². The first-order chi connectivity index (χ1) is 5.74. The van der Waals surface area contributed by atoms with Crippen molar-refractivity contribution >= 4 is 0 Å². The normalized spacial score (nSPS) is 12.9. The van der Waals surface area contributed by atoms with E-state index in [0.29, 0.717) is 6.54 Å². The van der Waals surface area contributed by atoms with Crippen LogP contribution in [0.15, 0.2) is 18.2 Å². The maximum atomic E-state index is 9.52. The molecule has 0 saturated heterocycles. The van der Waals surface area contributed by atoms with Crippen molar-refractivity contribution < 1.29 is 5.11 Å². The lowest BCUT2D eigenvalue weighted by molar-refractivity contribution is 0.173. The van der Waals surface area contributed by atoms with E-state index in [1.165, 1.54) is 0 Å². The molecule has 1 unspecified atom stereocenters. The van der Waals surface area contributed by atoms with Crippen LogP contribution in [-0.2, 0) is 0 Å². The third-order valence-corrected chi connectivity index (χ3v) is 1.65. The van der Waals surface area contributed by atoms with E-state index in [2.05, 4.69) is 10.3 Å². The Hall–Kier alpha value is -0.930. The number of aromatic nitrogens is 1. The molecule has 3 heteroatoms. The number of aliphatic hydroxyl groups excluding tert-OH is 1. The molecule has 1 aromatic rings. The third-order valence-electron chi connectivity index (χ3n) is 1.65. The van der Waals surface area contributed by atoms with E-state index in [4.69, 9.17) is 0 Å². The molecular formula is C9H14N2O. The fraction of sp³-hybridized carbons (Fsp3) is 0.444. The minimum absolute atomic E-state index is 0.505. The molecule has 0 aromatic carbocycles. The number of aliphatic hydroxyl groups is 1. The van der Waals surface area contributed by atoms with E-state index in [-0.39, 0.29) is 0 Å². The second-order valence-corrected chi connectivity index (χ2v) is 2.78. The first kappa shape index (κ1) is 9.16. The summed E-state index contributed by atoms with van der Waals surface area (Å²) in [6.45, 7) is 2.45. The summed E-state index contributed by atoms with van der Waals surface area (Å²) in [7, 11) is 1.80. The molecule has 2 N–H and O–H groups in total. The third kappa shape index (κ3) is 2.29. The Morgan fingerprint density at radius 3 is 2.92 bits per heavy atom. The standard InChI is InChI=1S/C9H14N2O/c1-7-4-3-5-8(11-7)9(12)6-10-2/h3-5,9-10,12H,6H2,1-2H3. The SMILES string of the molecule is CNCC(O)c1cccc(C)n1. The fourth-order valence-corrected chi connectivity index (χ4v) is 1.05. The van der Waals surface area contributed by atoms with Gasteiger partial charge in [-0.2, -0.15) is 0 Å². The van der Waals surface area contributed by atoms with E-state index in [9.17, 15) is 5.11 Å². The molecule has 3 nitrogen and oxygen atoms in total. The molecule has 0 bridgehead atoms. The number of nitrogens with zero attached hydrogens (tertiary/aromatic N) is 1. The van der Waals surface area contributed by atoms with Gasteiger partial charge in [-0.3, -0.25) is 4.98 Å². The molecule has 66 valence electrons. The van der Waals surface area contributed by atoms with Crippen LogP contribution in [0.1, 0.15) is 17.5 Å². The highest BCUT2D eigenvalue weighted by Gasteiger charge is 2.06. The van der Waals surface area contributed by atoms with Crippen LogP contribution in [0.5, 0.6) is 0 Å². The maximum Gasteiger partial charge on any atom is 0.108 e. The topological polar surface area (TPSA) is 45.1 Å². The summed E-state index contributed by atoms with van der Waals surface area (Å²) >= 11 is 0. The Morgan fingerprint density at radius 2 is 2.33 bits per heavy atom. The molecule has 1 rings (SSSR count). The highest BCUT2D eigenvalue weighted by molar-refractivity contribution is 5.12. The molecule has 0 fully saturated rings. The van der Waals surface area contributed by atoms with E-state index in [1.54, 1.807) is 7.05 Å². The van der Waals surface area contributed by atoms with Crippen molar-refractivity contribution in [3.8, 4) is 0 Å². The van der Waals surface area contributed by atoms with Crippen molar-refractivity contribution in [2.24, 2.45) is 0 Å². The zero-order valence-electron chi connectivity index (χ0n) is 7.41. The van der Waals surface area contributed by atoms with Gasteiger partial charge in [0.2, 0.25) is 0 Å². The van der Waals surface area contributed by atoms with Crippen LogP contribution in [0.2, 0.25) is 0 Å². The Balaban J connectivity index is 2.73. The molecule has 1 aromatic heterocycles. The van der Waals surface area contributed by atoms with Crippen LogP contribution < -0.4 is 5.32 Å². The van der Waals surface area contributed by atoms with Gasteiger partial charge in [0.25, 0.3) is 0 Å². The average molecular weight is 166 g/mol. The second-order valence-electron chi connectivity index (χ2n) is 2.78. The fourth-order valence-electron chi connectivity index (χ4n) is 1.05. The van der Waals surface area contributed by atoms with Gasteiger partial charge in [0.1, 0.15) is 6.10 Å². The summed E-state index contributed by atoms with van der Waals surface area (Å²) in [5.74, 6) is 0. The van der Waals surface area contributed by atoms with E-state index in [1.807, 2.05) is 25.1 Å². The number of hydrogen-bond acceptors (Lipinski definition) is 3. The number of hydrogen-bond donors (Lipinski definition) is 2.